The van der Waals surface area contributed by atoms with E-state index >= 15 is 0 Å². The van der Waals surface area contributed by atoms with Crippen LogP contribution in [0.25, 0.3) is 6.08 Å². The smallest absolute Gasteiger partial charge is 0.248 e. The van der Waals surface area contributed by atoms with Crippen molar-refractivity contribution in [2.75, 3.05) is 5.32 Å². The van der Waals surface area contributed by atoms with Gasteiger partial charge >= 0.3 is 0 Å². The molecule has 0 spiro atoms. The third kappa shape index (κ3) is 4.70. The normalized spacial score (nSPS) is 11.0. The minimum atomic E-state index is -0.267. The van der Waals surface area contributed by atoms with Gasteiger partial charge in [0, 0.05) is 24.2 Å². The maximum Gasteiger partial charge on any atom is 0.248 e. The van der Waals surface area contributed by atoms with E-state index in [4.69, 9.17) is 16.0 Å². The molecule has 0 radical (unpaired) electrons. The SMILES string of the molecule is CC(=O)c1ccc(Cn2cc(NC(=O)/C=C\c3ccc(Cl)cc3)cn2)o1. The van der Waals surface area contributed by atoms with Crippen LogP contribution in [-0.4, -0.2) is 21.5 Å². The lowest BCUT2D eigenvalue weighted by atomic mass is 10.2. The molecule has 0 aliphatic rings. The summed E-state index contributed by atoms with van der Waals surface area (Å²) in [5.41, 5.74) is 1.44. The molecule has 2 aromatic heterocycles. The van der Waals surface area contributed by atoms with Crippen LogP contribution in [0, 0.1) is 0 Å². The summed E-state index contributed by atoms with van der Waals surface area (Å²) in [5.74, 6) is 0.528. The fraction of sp³-hybridized carbons (Fsp3) is 0.105. The van der Waals surface area contributed by atoms with Gasteiger partial charge in [-0.25, -0.2) is 0 Å². The van der Waals surface area contributed by atoms with Crippen LogP contribution in [-0.2, 0) is 11.3 Å². The summed E-state index contributed by atoms with van der Waals surface area (Å²) in [7, 11) is 0. The molecule has 0 fully saturated rings. The van der Waals surface area contributed by atoms with E-state index in [1.807, 2.05) is 12.1 Å². The fourth-order valence-corrected chi connectivity index (χ4v) is 2.38. The molecule has 0 aliphatic heterocycles. The van der Waals surface area contributed by atoms with E-state index in [1.54, 1.807) is 47.4 Å². The highest BCUT2D eigenvalue weighted by atomic mass is 35.5. The van der Waals surface area contributed by atoms with Crippen molar-refractivity contribution in [1.29, 1.82) is 0 Å². The van der Waals surface area contributed by atoms with Gasteiger partial charge in [0.25, 0.3) is 0 Å². The predicted octanol–water partition coefficient (Wildman–Crippen LogP) is 4.03. The molecule has 6 nitrogen and oxygen atoms in total. The maximum atomic E-state index is 12.0. The van der Waals surface area contributed by atoms with Crippen molar-refractivity contribution in [2.45, 2.75) is 13.5 Å². The quantitative estimate of drug-likeness (QED) is 0.525. The number of aromatic nitrogens is 2. The van der Waals surface area contributed by atoms with Crippen LogP contribution in [0.2, 0.25) is 5.02 Å². The van der Waals surface area contributed by atoms with E-state index < -0.39 is 0 Å². The summed E-state index contributed by atoms with van der Waals surface area (Å²) < 4.78 is 7.03. The van der Waals surface area contributed by atoms with Crippen molar-refractivity contribution in [1.82, 2.24) is 9.78 Å². The van der Waals surface area contributed by atoms with Crippen molar-refractivity contribution in [2.24, 2.45) is 0 Å². The molecule has 0 bridgehead atoms. The standard InChI is InChI=1S/C19H16ClN3O3/c1-13(24)18-8-7-17(26-18)12-23-11-16(10-21-23)22-19(25)9-4-14-2-5-15(20)6-3-14/h2-11H,12H2,1H3,(H,22,25)/b9-4-. The number of hydrogen-bond acceptors (Lipinski definition) is 4. The van der Waals surface area contributed by atoms with Gasteiger partial charge in [0.2, 0.25) is 5.91 Å². The topological polar surface area (TPSA) is 77.1 Å². The lowest BCUT2D eigenvalue weighted by Gasteiger charge is -1.99. The van der Waals surface area contributed by atoms with Gasteiger partial charge < -0.3 is 9.73 Å². The number of amides is 1. The lowest BCUT2D eigenvalue weighted by Crippen LogP contribution is -2.07. The number of halogens is 1. The van der Waals surface area contributed by atoms with Crippen molar-refractivity contribution in [3.63, 3.8) is 0 Å². The van der Waals surface area contributed by atoms with Crippen molar-refractivity contribution >= 4 is 35.1 Å². The zero-order valence-corrected chi connectivity index (χ0v) is 14.7. The molecule has 2 heterocycles. The maximum absolute atomic E-state index is 12.0. The first kappa shape index (κ1) is 17.7. The van der Waals surface area contributed by atoms with E-state index in [0.29, 0.717) is 28.8 Å². The van der Waals surface area contributed by atoms with Crippen LogP contribution >= 0.6 is 11.6 Å². The number of Topliss-reactive ketones (excluding diaryl/α,β-unsaturated/α-hetero) is 1. The van der Waals surface area contributed by atoms with Crippen molar-refractivity contribution in [3.8, 4) is 0 Å². The van der Waals surface area contributed by atoms with Gasteiger partial charge in [-0.05, 0) is 35.9 Å². The average Bonchev–Trinajstić information content (AvgIpc) is 3.24. The Morgan fingerprint density at radius 2 is 2.00 bits per heavy atom. The molecule has 0 saturated heterocycles. The molecule has 1 amide bonds. The third-order valence-corrected chi connectivity index (χ3v) is 3.78. The monoisotopic (exact) mass is 369 g/mol. The van der Waals surface area contributed by atoms with Gasteiger partial charge in [-0.1, -0.05) is 23.7 Å². The average molecular weight is 370 g/mol. The molecule has 26 heavy (non-hydrogen) atoms. The van der Waals surface area contributed by atoms with E-state index in [2.05, 4.69) is 10.4 Å². The van der Waals surface area contributed by atoms with Crippen molar-refractivity contribution < 1.29 is 14.0 Å². The van der Waals surface area contributed by atoms with Gasteiger partial charge in [0.1, 0.15) is 5.76 Å². The number of nitrogens with one attached hydrogen (secondary N) is 1. The van der Waals surface area contributed by atoms with Gasteiger partial charge in [-0.2, -0.15) is 5.10 Å². The second kappa shape index (κ2) is 7.84. The Balaban J connectivity index is 1.57. The van der Waals surface area contributed by atoms with Crippen LogP contribution in [0.4, 0.5) is 5.69 Å². The molecule has 0 saturated carbocycles. The van der Waals surface area contributed by atoms with Gasteiger partial charge in [0.15, 0.2) is 11.5 Å². The first-order chi connectivity index (χ1) is 12.5. The van der Waals surface area contributed by atoms with Crippen LogP contribution in [0.3, 0.4) is 0 Å². The van der Waals surface area contributed by atoms with Crippen LogP contribution in [0.5, 0.6) is 0 Å². The number of ketones is 1. The highest BCUT2D eigenvalue weighted by Crippen LogP contribution is 2.13. The van der Waals surface area contributed by atoms with E-state index in [1.165, 1.54) is 13.0 Å². The summed E-state index contributed by atoms with van der Waals surface area (Å²) in [6.07, 6.45) is 6.36. The lowest BCUT2D eigenvalue weighted by molar-refractivity contribution is -0.111. The Kier molecular flexibility index (Phi) is 5.34. The number of nitrogens with zero attached hydrogens (tertiary/aromatic N) is 2. The number of furan rings is 1. The largest absolute Gasteiger partial charge is 0.456 e. The molecule has 3 rings (SSSR count). The second-order valence-corrected chi connectivity index (χ2v) is 6.06. The summed E-state index contributed by atoms with van der Waals surface area (Å²) in [4.78, 5) is 23.2. The number of carbonyl (C=O) groups is 2. The first-order valence-electron chi connectivity index (χ1n) is 7.86. The highest BCUT2D eigenvalue weighted by molar-refractivity contribution is 6.30. The zero-order valence-electron chi connectivity index (χ0n) is 14.0. The third-order valence-electron chi connectivity index (χ3n) is 3.52. The minimum Gasteiger partial charge on any atom is -0.456 e. The number of benzene rings is 1. The predicted molar refractivity (Wildman–Crippen MR) is 99.2 cm³/mol. The highest BCUT2D eigenvalue weighted by Gasteiger charge is 2.08. The molecule has 1 aromatic carbocycles. The zero-order chi connectivity index (χ0) is 18.5. The Morgan fingerprint density at radius 3 is 2.69 bits per heavy atom. The Bertz CT molecular complexity index is 955. The summed E-state index contributed by atoms with van der Waals surface area (Å²) in [5, 5.41) is 7.54. The summed E-state index contributed by atoms with van der Waals surface area (Å²) in [6.45, 7) is 1.81. The van der Waals surface area contributed by atoms with E-state index in [9.17, 15) is 9.59 Å². The second-order valence-electron chi connectivity index (χ2n) is 5.62. The molecule has 1 N–H and O–H groups in total. The van der Waals surface area contributed by atoms with Crippen LogP contribution in [0.15, 0.2) is 59.3 Å². The van der Waals surface area contributed by atoms with Crippen LogP contribution < -0.4 is 5.32 Å². The van der Waals surface area contributed by atoms with E-state index in [-0.39, 0.29) is 11.7 Å². The molecule has 7 heteroatoms. The number of hydrogen-bond donors (Lipinski definition) is 1. The molecule has 3 aromatic rings. The number of anilines is 1. The Morgan fingerprint density at radius 1 is 1.23 bits per heavy atom. The fourth-order valence-electron chi connectivity index (χ4n) is 2.26. The Hall–Kier alpha value is -3.12. The molecular formula is C19H16ClN3O3. The molecule has 0 unspecified atom stereocenters. The summed E-state index contributed by atoms with van der Waals surface area (Å²) in [6, 6.07) is 10.5. The number of rotatable bonds is 6. The van der Waals surface area contributed by atoms with E-state index in [0.717, 1.165) is 5.56 Å². The van der Waals surface area contributed by atoms with Crippen LogP contribution in [0.1, 0.15) is 28.8 Å². The van der Waals surface area contributed by atoms with Gasteiger partial charge in [0.05, 0.1) is 18.4 Å². The molecular weight excluding hydrogens is 354 g/mol. The molecule has 0 atom stereocenters. The minimum absolute atomic E-state index is 0.128. The first-order valence-corrected chi connectivity index (χ1v) is 8.24. The summed E-state index contributed by atoms with van der Waals surface area (Å²) >= 11 is 5.82. The number of carbonyl (C=O) groups excluding carboxylic acids is 2. The van der Waals surface area contributed by atoms with Gasteiger partial charge in [-0.3, -0.25) is 14.3 Å². The molecule has 0 aliphatic carbocycles. The molecule has 132 valence electrons. The van der Waals surface area contributed by atoms with Crippen molar-refractivity contribution in [3.05, 3.63) is 77.0 Å². The Labute approximate surface area is 155 Å². The van der Waals surface area contributed by atoms with Gasteiger partial charge in [-0.15, -0.1) is 0 Å².